The highest BCUT2D eigenvalue weighted by Crippen LogP contribution is 2.45. The van der Waals surface area contributed by atoms with Gasteiger partial charge < -0.3 is 14.8 Å². The number of rotatable bonds is 8. The lowest BCUT2D eigenvalue weighted by molar-refractivity contribution is -0.0328. The number of nitrogens with one attached hydrogen (secondary N) is 1. The van der Waals surface area contributed by atoms with Gasteiger partial charge in [0.15, 0.2) is 11.5 Å². The van der Waals surface area contributed by atoms with E-state index in [1.54, 1.807) is 6.07 Å². The number of hydrogen-bond donors (Lipinski definition) is 1. The average molecular weight is 335 g/mol. The highest BCUT2D eigenvalue weighted by atomic mass is 32.2. The summed E-state index contributed by atoms with van der Waals surface area (Å²) in [6.45, 7) is 1.72. The van der Waals surface area contributed by atoms with Gasteiger partial charge in [0.25, 0.3) is 0 Å². The Morgan fingerprint density at radius 2 is 1.95 bits per heavy atom. The van der Waals surface area contributed by atoms with Crippen molar-refractivity contribution < 1.29 is 22.6 Å². The Labute approximate surface area is 132 Å². The Hall–Kier alpha value is -1.08. The van der Waals surface area contributed by atoms with Gasteiger partial charge >= 0.3 is 5.51 Å². The predicted octanol–water partition coefficient (Wildman–Crippen LogP) is 3.86. The number of benzene rings is 1. The van der Waals surface area contributed by atoms with Crippen LogP contribution in [0.2, 0.25) is 0 Å². The van der Waals surface area contributed by atoms with Crippen LogP contribution < -0.4 is 14.8 Å². The molecule has 2 rings (SSSR count). The van der Waals surface area contributed by atoms with Gasteiger partial charge in [0.1, 0.15) is 0 Å². The topological polar surface area (TPSA) is 30.5 Å². The Kier molecular flexibility index (Phi) is 5.86. The first kappa shape index (κ1) is 17.3. The SMILES string of the molecule is COc1cc(CCNCC2CC2)cc(SC(F)(F)F)c1OC. The van der Waals surface area contributed by atoms with Crippen LogP contribution in [0.4, 0.5) is 13.2 Å². The molecule has 0 spiro atoms. The van der Waals surface area contributed by atoms with Crippen LogP contribution in [0, 0.1) is 5.92 Å². The molecule has 124 valence electrons. The lowest BCUT2D eigenvalue weighted by atomic mass is 10.1. The van der Waals surface area contributed by atoms with E-state index in [2.05, 4.69) is 5.32 Å². The van der Waals surface area contributed by atoms with Crippen molar-refractivity contribution in [3.63, 3.8) is 0 Å². The van der Waals surface area contributed by atoms with E-state index in [-0.39, 0.29) is 22.4 Å². The molecule has 3 nitrogen and oxygen atoms in total. The fourth-order valence-electron chi connectivity index (χ4n) is 2.19. The Balaban J connectivity index is 2.09. The van der Waals surface area contributed by atoms with E-state index in [0.717, 1.165) is 24.6 Å². The zero-order valence-corrected chi connectivity index (χ0v) is 13.4. The highest BCUT2D eigenvalue weighted by Gasteiger charge is 2.32. The Morgan fingerprint density at radius 1 is 1.23 bits per heavy atom. The molecule has 0 aliphatic heterocycles. The molecule has 0 unspecified atom stereocenters. The monoisotopic (exact) mass is 335 g/mol. The van der Waals surface area contributed by atoms with E-state index >= 15 is 0 Å². The number of alkyl halides is 3. The van der Waals surface area contributed by atoms with Crippen LogP contribution in [0.3, 0.4) is 0 Å². The van der Waals surface area contributed by atoms with Crippen molar-refractivity contribution in [1.29, 1.82) is 0 Å². The summed E-state index contributed by atoms with van der Waals surface area (Å²) in [6, 6.07) is 3.26. The maximum absolute atomic E-state index is 12.7. The van der Waals surface area contributed by atoms with Crippen LogP contribution >= 0.6 is 11.8 Å². The van der Waals surface area contributed by atoms with Gasteiger partial charge in [0.2, 0.25) is 0 Å². The van der Waals surface area contributed by atoms with Crippen LogP contribution in [-0.4, -0.2) is 32.8 Å². The molecule has 0 saturated heterocycles. The molecule has 22 heavy (non-hydrogen) atoms. The maximum atomic E-state index is 12.7. The van der Waals surface area contributed by atoms with Crippen molar-refractivity contribution in [3.8, 4) is 11.5 Å². The van der Waals surface area contributed by atoms with Crippen LogP contribution in [-0.2, 0) is 6.42 Å². The Bertz CT molecular complexity index is 504. The zero-order chi connectivity index (χ0) is 16.2. The highest BCUT2D eigenvalue weighted by molar-refractivity contribution is 8.00. The molecule has 0 heterocycles. The number of hydrogen-bond acceptors (Lipinski definition) is 4. The molecule has 1 aliphatic carbocycles. The summed E-state index contributed by atoms with van der Waals surface area (Å²) in [5, 5.41) is 3.33. The minimum atomic E-state index is -4.36. The number of ether oxygens (including phenoxy) is 2. The van der Waals surface area contributed by atoms with E-state index in [1.807, 2.05) is 0 Å². The maximum Gasteiger partial charge on any atom is 0.446 e. The molecule has 1 saturated carbocycles. The standard InChI is InChI=1S/C15H20F3NO2S/c1-20-12-7-11(5-6-19-9-10-3-4-10)8-13(14(12)21-2)22-15(16,17)18/h7-8,10,19H,3-6,9H2,1-2H3. The molecule has 0 aromatic heterocycles. The summed E-state index contributed by atoms with van der Waals surface area (Å²) in [5.41, 5.74) is -3.56. The van der Waals surface area contributed by atoms with E-state index in [4.69, 9.17) is 9.47 Å². The first-order valence-corrected chi connectivity index (χ1v) is 7.96. The van der Waals surface area contributed by atoms with Gasteiger partial charge in [-0.25, -0.2) is 0 Å². The summed E-state index contributed by atoms with van der Waals surface area (Å²) in [6.07, 6.45) is 3.20. The van der Waals surface area contributed by atoms with Gasteiger partial charge in [0.05, 0.1) is 19.1 Å². The lowest BCUT2D eigenvalue weighted by Crippen LogP contribution is -2.19. The molecular formula is C15H20F3NO2S. The van der Waals surface area contributed by atoms with Crippen molar-refractivity contribution in [1.82, 2.24) is 5.32 Å². The summed E-state index contributed by atoms with van der Waals surface area (Å²) in [7, 11) is 2.77. The van der Waals surface area contributed by atoms with Gasteiger partial charge in [0, 0.05) is 0 Å². The largest absolute Gasteiger partial charge is 0.493 e. The minimum absolute atomic E-state index is 0.0338. The molecular weight excluding hydrogens is 315 g/mol. The van der Waals surface area contributed by atoms with Crippen molar-refractivity contribution in [3.05, 3.63) is 17.7 Å². The smallest absolute Gasteiger partial charge is 0.446 e. The third kappa shape index (κ3) is 5.28. The van der Waals surface area contributed by atoms with Gasteiger partial charge in [-0.1, -0.05) is 0 Å². The second kappa shape index (κ2) is 7.46. The first-order valence-electron chi connectivity index (χ1n) is 7.14. The molecule has 0 amide bonds. The van der Waals surface area contributed by atoms with E-state index in [1.165, 1.54) is 33.1 Å². The molecule has 0 bridgehead atoms. The van der Waals surface area contributed by atoms with Gasteiger partial charge in [-0.2, -0.15) is 13.2 Å². The summed E-state index contributed by atoms with van der Waals surface area (Å²) < 4.78 is 48.3. The summed E-state index contributed by atoms with van der Waals surface area (Å²) in [5.74, 6) is 1.23. The fourth-order valence-corrected chi connectivity index (χ4v) is 2.93. The van der Waals surface area contributed by atoms with Crippen molar-refractivity contribution in [2.24, 2.45) is 5.92 Å². The molecule has 1 N–H and O–H groups in total. The van der Waals surface area contributed by atoms with Crippen LogP contribution in [0.15, 0.2) is 17.0 Å². The average Bonchev–Trinajstić information content (AvgIpc) is 3.25. The number of thioether (sulfide) groups is 1. The minimum Gasteiger partial charge on any atom is -0.493 e. The molecule has 0 radical (unpaired) electrons. The second-order valence-electron chi connectivity index (χ2n) is 5.27. The molecule has 7 heteroatoms. The molecule has 1 aliphatic rings. The predicted molar refractivity (Wildman–Crippen MR) is 80.8 cm³/mol. The van der Waals surface area contributed by atoms with Crippen LogP contribution in [0.1, 0.15) is 18.4 Å². The van der Waals surface area contributed by atoms with Gasteiger partial charge in [-0.3, -0.25) is 0 Å². The Morgan fingerprint density at radius 3 is 2.50 bits per heavy atom. The zero-order valence-electron chi connectivity index (χ0n) is 12.6. The van der Waals surface area contributed by atoms with Crippen molar-refractivity contribution in [2.75, 3.05) is 27.3 Å². The molecule has 0 atom stereocenters. The van der Waals surface area contributed by atoms with Crippen LogP contribution in [0.25, 0.3) is 0 Å². The molecule has 1 aromatic rings. The van der Waals surface area contributed by atoms with E-state index < -0.39 is 5.51 Å². The third-order valence-corrected chi connectivity index (χ3v) is 4.21. The fraction of sp³-hybridized carbons (Fsp3) is 0.600. The molecule has 1 aromatic carbocycles. The van der Waals surface area contributed by atoms with E-state index in [0.29, 0.717) is 12.2 Å². The summed E-state index contributed by atoms with van der Waals surface area (Å²) >= 11 is -0.176. The third-order valence-electron chi connectivity index (χ3n) is 3.45. The van der Waals surface area contributed by atoms with Crippen LogP contribution in [0.5, 0.6) is 11.5 Å². The van der Waals surface area contributed by atoms with Gasteiger partial charge in [-0.15, -0.1) is 0 Å². The van der Waals surface area contributed by atoms with Crippen molar-refractivity contribution in [2.45, 2.75) is 29.7 Å². The normalized spacial score (nSPS) is 15.0. The number of halogens is 3. The van der Waals surface area contributed by atoms with Crippen molar-refractivity contribution >= 4 is 11.8 Å². The second-order valence-corrected chi connectivity index (χ2v) is 6.38. The summed E-state index contributed by atoms with van der Waals surface area (Å²) in [4.78, 5) is 0.0338. The molecule has 1 fully saturated rings. The number of methoxy groups -OCH3 is 2. The van der Waals surface area contributed by atoms with Gasteiger partial charge in [-0.05, 0) is 67.7 Å². The quantitative estimate of drug-likeness (QED) is 0.577. The lowest BCUT2D eigenvalue weighted by Gasteiger charge is -2.16. The first-order chi connectivity index (χ1) is 10.4. The van der Waals surface area contributed by atoms with E-state index in [9.17, 15) is 13.2 Å².